The molecule has 2 aliphatic rings. The summed E-state index contributed by atoms with van der Waals surface area (Å²) in [6.07, 6.45) is 3.69. The van der Waals surface area contributed by atoms with Crippen molar-refractivity contribution in [2.75, 3.05) is 24.4 Å². The summed E-state index contributed by atoms with van der Waals surface area (Å²) >= 11 is 0. The minimum Gasteiger partial charge on any atom is -0.447 e. The Morgan fingerprint density at radius 2 is 2.13 bits per heavy atom. The minimum atomic E-state index is -3.70. The molecular weight excluding hydrogens is 419 g/mol. The van der Waals surface area contributed by atoms with E-state index in [0.717, 1.165) is 24.4 Å². The van der Waals surface area contributed by atoms with E-state index in [1.54, 1.807) is 19.2 Å². The molecule has 3 heterocycles. The third-order valence-corrected chi connectivity index (χ3v) is 8.43. The quantitative estimate of drug-likeness (QED) is 0.698. The van der Waals surface area contributed by atoms with Crippen molar-refractivity contribution in [3.63, 3.8) is 0 Å². The smallest absolute Gasteiger partial charge is 0.304 e. The lowest BCUT2D eigenvalue weighted by molar-refractivity contribution is 0.0932. The van der Waals surface area contributed by atoms with Crippen LogP contribution in [0.5, 0.6) is 0 Å². The number of nitrogens with zero attached hydrogens (tertiary/aromatic N) is 4. The highest BCUT2D eigenvalue weighted by molar-refractivity contribution is 7.90. The van der Waals surface area contributed by atoms with Crippen molar-refractivity contribution in [3.05, 3.63) is 47.9 Å². The topological polar surface area (TPSA) is 69.9 Å². The van der Waals surface area contributed by atoms with Gasteiger partial charge in [0.05, 0.1) is 23.5 Å². The zero-order chi connectivity index (χ0) is 22.4. The van der Waals surface area contributed by atoms with Crippen LogP contribution in [0, 0.1) is 11.7 Å². The first-order valence-corrected chi connectivity index (χ1v) is 12.2. The maximum absolute atomic E-state index is 13.9. The fraction of sp³-hybridized carbons (Fsp3) is 0.591. The van der Waals surface area contributed by atoms with Crippen molar-refractivity contribution in [1.82, 2.24) is 14.2 Å². The van der Waals surface area contributed by atoms with E-state index in [4.69, 9.17) is 4.42 Å². The molecule has 0 radical (unpaired) electrons. The van der Waals surface area contributed by atoms with Crippen LogP contribution in [0.1, 0.15) is 45.1 Å². The van der Waals surface area contributed by atoms with E-state index in [9.17, 15) is 12.8 Å². The number of likely N-dealkylation sites (N-methyl/N-ethyl adjacent to an activating group) is 1. The molecule has 1 spiro atoms. The molecule has 2 aromatic rings. The van der Waals surface area contributed by atoms with Crippen molar-refractivity contribution in [3.8, 4) is 0 Å². The second-order valence-electron chi connectivity index (χ2n) is 9.33. The van der Waals surface area contributed by atoms with E-state index < -0.39 is 21.6 Å². The summed E-state index contributed by atoms with van der Waals surface area (Å²) < 4.78 is 48.8. The molecule has 1 aromatic carbocycles. The lowest BCUT2D eigenvalue weighted by Crippen LogP contribution is -2.57. The number of aromatic nitrogens is 1. The second kappa shape index (κ2) is 8.18. The minimum absolute atomic E-state index is 0.128. The molecule has 170 valence electrons. The second-order valence-corrected chi connectivity index (χ2v) is 11.2. The Hall–Kier alpha value is -1.97. The van der Waals surface area contributed by atoms with Crippen LogP contribution in [0.25, 0.3) is 0 Å². The van der Waals surface area contributed by atoms with Crippen LogP contribution in [0.15, 0.2) is 35.1 Å². The summed E-state index contributed by atoms with van der Waals surface area (Å²) in [5.74, 6) is 0.936. The summed E-state index contributed by atoms with van der Waals surface area (Å²) in [5.41, 5.74) is 0.783. The Morgan fingerprint density at radius 3 is 2.81 bits per heavy atom. The normalized spacial score (nSPS) is 26.9. The standard InChI is InChI=1S/C22H31FN4O3S/c1-16(2)10-20-21(30-15-24-20)13-26-9-8-22(12-17(26)3)14-25(4)31(28,29)27(22)19-7-5-6-18(23)11-19/h5-7,11,15-17H,8-10,12-14H2,1-4H3/t17-,22+/m0/s1. The zero-order valence-corrected chi connectivity index (χ0v) is 19.4. The Kier molecular flexibility index (Phi) is 5.87. The Balaban J connectivity index is 1.58. The van der Waals surface area contributed by atoms with Gasteiger partial charge in [0, 0.05) is 26.2 Å². The average molecular weight is 451 g/mol. The summed E-state index contributed by atoms with van der Waals surface area (Å²) in [6, 6.07) is 6.00. The number of hydrogen-bond donors (Lipinski definition) is 0. The van der Waals surface area contributed by atoms with Gasteiger partial charge in [-0.25, -0.2) is 9.37 Å². The van der Waals surface area contributed by atoms with Crippen LogP contribution in [0.2, 0.25) is 0 Å². The van der Waals surface area contributed by atoms with Crippen LogP contribution < -0.4 is 4.31 Å². The molecule has 9 heteroatoms. The van der Waals surface area contributed by atoms with E-state index >= 15 is 0 Å². The number of likely N-dealkylation sites (tertiary alicyclic amines) is 1. The van der Waals surface area contributed by atoms with Gasteiger partial charge in [0.15, 0.2) is 6.39 Å². The SMILES string of the molecule is CC(C)Cc1ncoc1CN1CC[C@@]2(C[C@@H]1C)CN(C)S(=O)(=O)N2c1cccc(F)c1. The number of halogens is 1. The van der Waals surface area contributed by atoms with Crippen LogP contribution in [0.4, 0.5) is 10.1 Å². The van der Waals surface area contributed by atoms with Gasteiger partial charge in [0.25, 0.3) is 0 Å². The van der Waals surface area contributed by atoms with E-state index in [1.807, 2.05) is 0 Å². The predicted octanol–water partition coefficient (Wildman–Crippen LogP) is 3.43. The van der Waals surface area contributed by atoms with Gasteiger partial charge in [-0.2, -0.15) is 12.7 Å². The number of rotatable bonds is 5. The molecule has 0 N–H and O–H groups in total. The first-order chi connectivity index (χ1) is 14.6. The van der Waals surface area contributed by atoms with Crippen LogP contribution in [0.3, 0.4) is 0 Å². The van der Waals surface area contributed by atoms with E-state index in [0.29, 0.717) is 37.5 Å². The monoisotopic (exact) mass is 450 g/mol. The van der Waals surface area contributed by atoms with Gasteiger partial charge >= 0.3 is 10.2 Å². The van der Waals surface area contributed by atoms with Crippen LogP contribution >= 0.6 is 0 Å². The van der Waals surface area contributed by atoms with Gasteiger partial charge in [-0.1, -0.05) is 19.9 Å². The first kappa shape index (κ1) is 22.2. The summed E-state index contributed by atoms with van der Waals surface area (Å²) in [4.78, 5) is 6.71. The average Bonchev–Trinajstić information content (AvgIpc) is 3.17. The highest BCUT2D eigenvalue weighted by Gasteiger charge is 2.55. The molecular formula is C22H31FN4O3S. The molecule has 31 heavy (non-hydrogen) atoms. The Bertz CT molecular complexity index is 1040. The third-order valence-electron chi connectivity index (χ3n) is 6.45. The lowest BCUT2D eigenvalue weighted by Gasteiger charge is -2.46. The maximum atomic E-state index is 13.9. The fourth-order valence-electron chi connectivity index (χ4n) is 5.03. The number of hydrogen-bond acceptors (Lipinski definition) is 5. The molecule has 0 aliphatic carbocycles. The number of piperidine rings is 1. The molecule has 2 fully saturated rings. The summed E-state index contributed by atoms with van der Waals surface area (Å²) in [6.45, 7) is 8.20. The first-order valence-electron chi connectivity index (χ1n) is 10.8. The van der Waals surface area contributed by atoms with E-state index in [-0.39, 0.29) is 6.04 Å². The van der Waals surface area contributed by atoms with Crippen molar-refractivity contribution >= 4 is 15.9 Å². The molecule has 2 atom stereocenters. The molecule has 0 unspecified atom stereocenters. The third kappa shape index (κ3) is 4.10. The van der Waals surface area contributed by atoms with Crippen LogP contribution in [-0.2, 0) is 23.2 Å². The van der Waals surface area contributed by atoms with Gasteiger partial charge in [-0.3, -0.25) is 9.21 Å². The van der Waals surface area contributed by atoms with Gasteiger partial charge < -0.3 is 4.42 Å². The molecule has 1 aromatic heterocycles. The number of oxazole rings is 1. The van der Waals surface area contributed by atoms with E-state index in [1.165, 1.54) is 27.1 Å². The van der Waals surface area contributed by atoms with Crippen molar-refractivity contribution in [2.45, 2.75) is 58.2 Å². The van der Waals surface area contributed by atoms with Gasteiger partial charge in [0.2, 0.25) is 0 Å². The molecule has 0 amide bonds. The molecule has 2 saturated heterocycles. The highest BCUT2D eigenvalue weighted by atomic mass is 32.2. The molecule has 7 nitrogen and oxygen atoms in total. The number of benzene rings is 1. The fourth-order valence-corrected chi connectivity index (χ4v) is 6.81. The van der Waals surface area contributed by atoms with Crippen LogP contribution in [-0.4, -0.2) is 54.3 Å². The van der Waals surface area contributed by atoms with Gasteiger partial charge in [-0.15, -0.1) is 0 Å². The highest BCUT2D eigenvalue weighted by Crippen LogP contribution is 2.44. The van der Waals surface area contributed by atoms with Crippen molar-refractivity contribution in [1.29, 1.82) is 0 Å². The largest absolute Gasteiger partial charge is 0.447 e. The summed E-state index contributed by atoms with van der Waals surface area (Å²) in [7, 11) is -2.10. The number of anilines is 1. The molecule has 2 aliphatic heterocycles. The predicted molar refractivity (Wildman–Crippen MR) is 117 cm³/mol. The van der Waals surface area contributed by atoms with Crippen molar-refractivity contribution < 1.29 is 17.2 Å². The van der Waals surface area contributed by atoms with E-state index in [2.05, 4.69) is 30.7 Å². The lowest BCUT2D eigenvalue weighted by atomic mass is 9.83. The maximum Gasteiger partial charge on any atom is 0.304 e. The Morgan fingerprint density at radius 1 is 1.35 bits per heavy atom. The molecule has 0 saturated carbocycles. The molecule has 0 bridgehead atoms. The summed E-state index contributed by atoms with van der Waals surface area (Å²) in [5, 5.41) is 0. The molecule has 4 rings (SSSR count). The van der Waals surface area contributed by atoms with Gasteiger partial charge in [0.1, 0.15) is 11.6 Å². The van der Waals surface area contributed by atoms with Crippen molar-refractivity contribution in [2.24, 2.45) is 5.92 Å². The zero-order valence-electron chi connectivity index (χ0n) is 18.6. The van der Waals surface area contributed by atoms with Gasteiger partial charge in [-0.05, 0) is 50.3 Å². The Labute approximate surface area is 184 Å².